The molecule has 4 heteroatoms. The van der Waals surface area contributed by atoms with Crippen molar-refractivity contribution in [3.05, 3.63) is 0 Å². The summed E-state index contributed by atoms with van der Waals surface area (Å²) in [6, 6.07) is 0. The van der Waals surface area contributed by atoms with Crippen LogP contribution in [0, 0.1) is 0 Å². The first kappa shape index (κ1) is 13.4. The first-order valence-corrected chi connectivity index (χ1v) is 5.03. The molecule has 0 amide bonds. The molecule has 0 heterocycles. The van der Waals surface area contributed by atoms with E-state index in [0.717, 1.165) is 12.8 Å². The molecular formula is C10H20O4. The molecule has 0 saturated heterocycles. The number of carbonyl (C=O) groups excluding carboxylic acids is 1. The molecule has 0 radical (unpaired) electrons. The lowest BCUT2D eigenvalue weighted by molar-refractivity contribution is -0.143. The van der Waals surface area contributed by atoms with Crippen molar-refractivity contribution in [1.82, 2.24) is 0 Å². The number of carbonyl (C=O) groups is 1. The Hall–Kier alpha value is -0.610. The van der Waals surface area contributed by atoms with E-state index in [4.69, 9.17) is 0 Å². The number of rotatable bonds is 7. The third kappa shape index (κ3) is 6.86. The van der Waals surface area contributed by atoms with Crippen LogP contribution >= 0.6 is 0 Å². The third-order valence-electron chi connectivity index (χ3n) is 2.07. The molecule has 2 N–H and O–H groups in total. The van der Waals surface area contributed by atoms with Crippen LogP contribution in [0.1, 0.15) is 39.0 Å². The van der Waals surface area contributed by atoms with Gasteiger partial charge in [0, 0.05) is 0 Å². The molecule has 0 aliphatic carbocycles. The van der Waals surface area contributed by atoms with E-state index in [1.807, 2.05) is 6.92 Å². The summed E-state index contributed by atoms with van der Waals surface area (Å²) in [5.74, 6) is -0.444. The van der Waals surface area contributed by atoms with E-state index in [-0.39, 0.29) is 12.8 Å². The molecule has 0 unspecified atom stereocenters. The average molecular weight is 204 g/mol. The monoisotopic (exact) mass is 204 g/mol. The van der Waals surface area contributed by atoms with Gasteiger partial charge in [-0.3, -0.25) is 4.79 Å². The standard InChI is InChI=1S/C10H20O4/c1-3-4-5-8(11)6-9(12)7-10(13)14-2/h8-9,11-12H,3-7H2,1-2H3/t8-,9-/m0/s1. The first-order valence-electron chi connectivity index (χ1n) is 5.03. The largest absolute Gasteiger partial charge is 0.469 e. The predicted octanol–water partition coefficient (Wildman–Crippen LogP) is 0.852. The molecule has 0 bridgehead atoms. The van der Waals surface area contributed by atoms with Crippen LogP contribution in [-0.2, 0) is 9.53 Å². The molecule has 2 atom stereocenters. The highest BCUT2D eigenvalue weighted by molar-refractivity contribution is 5.69. The number of hydrogen-bond acceptors (Lipinski definition) is 4. The number of unbranched alkanes of at least 4 members (excludes halogenated alkanes) is 1. The molecule has 0 aromatic rings. The summed E-state index contributed by atoms with van der Waals surface area (Å²) in [6.07, 6.45) is 1.52. The van der Waals surface area contributed by atoms with Crippen molar-refractivity contribution in [2.24, 2.45) is 0 Å². The van der Waals surface area contributed by atoms with E-state index in [0.29, 0.717) is 6.42 Å². The highest BCUT2D eigenvalue weighted by atomic mass is 16.5. The number of esters is 1. The lowest BCUT2D eigenvalue weighted by Gasteiger charge is -2.14. The molecular weight excluding hydrogens is 184 g/mol. The highest BCUT2D eigenvalue weighted by Crippen LogP contribution is 2.09. The van der Waals surface area contributed by atoms with Crippen molar-refractivity contribution in [2.75, 3.05) is 7.11 Å². The van der Waals surface area contributed by atoms with Crippen LogP contribution in [0.2, 0.25) is 0 Å². The lowest BCUT2D eigenvalue weighted by Crippen LogP contribution is -2.21. The number of aliphatic hydroxyl groups is 2. The van der Waals surface area contributed by atoms with Crippen LogP contribution in [0.25, 0.3) is 0 Å². The van der Waals surface area contributed by atoms with Crippen LogP contribution in [0.3, 0.4) is 0 Å². The Kier molecular flexibility index (Phi) is 7.42. The Labute approximate surface area is 84.9 Å². The van der Waals surface area contributed by atoms with Crippen LogP contribution in [-0.4, -0.2) is 35.5 Å². The summed E-state index contributed by atoms with van der Waals surface area (Å²) >= 11 is 0. The van der Waals surface area contributed by atoms with Crippen LogP contribution in [0.4, 0.5) is 0 Å². The first-order chi connectivity index (χ1) is 6.60. The average Bonchev–Trinajstić information content (AvgIpc) is 2.14. The smallest absolute Gasteiger partial charge is 0.308 e. The van der Waals surface area contributed by atoms with Gasteiger partial charge in [0.15, 0.2) is 0 Å². The zero-order valence-corrected chi connectivity index (χ0v) is 8.90. The summed E-state index contributed by atoms with van der Waals surface area (Å²) in [4.78, 5) is 10.8. The minimum atomic E-state index is -0.797. The molecule has 0 aliphatic heterocycles. The van der Waals surface area contributed by atoms with Crippen LogP contribution in [0.5, 0.6) is 0 Å². The summed E-state index contributed by atoms with van der Waals surface area (Å²) < 4.78 is 4.40. The molecule has 0 spiro atoms. The van der Waals surface area contributed by atoms with E-state index < -0.39 is 18.2 Å². The molecule has 84 valence electrons. The molecule has 4 nitrogen and oxygen atoms in total. The number of ether oxygens (including phenoxy) is 1. The Morgan fingerprint density at radius 1 is 1.36 bits per heavy atom. The molecule has 0 rings (SSSR count). The minimum absolute atomic E-state index is 0.0420. The van der Waals surface area contributed by atoms with Gasteiger partial charge in [-0.25, -0.2) is 0 Å². The van der Waals surface area contributed by atoms with E-state index in [1.54, 1.807) is 0 Å². The molecule has 0 saturated carbocycles. The quantitative estimate of drug-likeness (QED) is 0.603. The predicted molar refractivity (Wildman–Crippen MR) is 52.8 cm³/mol. The number of hydrogen-bond donors (Lipinski definition) is 2. The van der Waals surface area contributed by atoms with Crippen LogP contribution < -0.4 is 0 Å². The SMILES string of the molecule is CCCC[C@H](O)C[C@H](O)CC(=O)OC. The third-order valence-corrected chi connectivity index (χ3v) is 2.07. The Bertz CT molecular complexity index is 158. The summed E-state index contributed by atoms with van der Waals surface area (Å²) in [6.45, 7) is 2.04. The maximum atomic E-state index is 10.8. The summed E-state index contributed by atoms with van der Waals surface area (Å²) in [7, 11) is 1.28. The number of methoxy groups -OCH3 is 1. The second-order valence-corrected chi connectivity index (χ2v) is 3.47. The van der Waals surface area contributed by atoms with E-state index >= 15 is 0 Å². The van der Waals surface area contributed by atoms with Gasteiger partial charge in [0.2, 0.25) is 0 Å². The maximum Gasteiger partial charge on any atom is 0.308 e. The fourth-order valence-electron chi connectivity index (χ4n) is 1.23. The molecule has 0 aromatic carbocycles. The van der Waals surface area contributed by atoms with Gasteiger partial charge in [-0.1, -0.05) is 19.8 Å². The fraction of sp³-hybridized carbons (Fsp3) is 0.900. The summed E-state index contributed by atoms with van der Waals surface area (Å²) in [5.41, 5.74) is 0. The van der Waals surface area contributed by atoms with E-state index in [1.165, 1.54) is 7.11 Å². The Morgan fingerprint density at radius 2 is 2.00 bits per heavy atom. The zero-order chi connectivity index (χ0) is 11.0. The topological polar surface area (TPSA) is 66.8 Å². The molecule has 0 fully saturated rings. The second kappa shape index (κ2) is 7.76. The highest BCUT2D eigenvalue weighted by Gasteiger charge is 2.15. The van der Waals surface area contributed by atoms with Crippen LogP contribution in [0.15, 0.2) is 0 Å². The van der Waals surface area contributed by atoms with Crippen molar-refractivity contribution in [3.63, 3.8) is 0 Å². The van der Waals surface area contributed by atoms with Crippen molar-refractivity contribution < 1.29 is 19.7 Å². The van der Waals surface area contributed by atoms with Gasteiger partial charge in [-0.05, 0) is 12.8 Å². The molecule has 0 aromatic heterocycles. The van der Waals surface area contributed by atoms with Gasteiger partial charge in [-0.2, -0.15) is 0 Å². The van der Waals surface area contributed by atoms with E-state index in [2.05, 4.69) is 4.74 Å². The normalized spacial score (nSPS) is 14.9. The molecule has 14 heavy (non-hydrogen) atoms. The summed E-state index contributed by atoms with van der Waals surface area (Å²) in [5, 5.41) is 18.8. The Morgan fingerprint density at radius 3 is 2.50 bits per heavy atom. The fourth-order valence-corrected chi connectivity index (χ4v) is 1.23. The zero-order valence-electron chi connectivity index (χ0n) is 8.90. The van der Waals surface area contributed by atoms with Gasteiger partial charge in [-0.15, -0.1) is 0 Å². The van der Waals surface area contributed by atoms with Crippen molar-refractivity contribution in [1.29, 1.82) is 0 Å². The number of aliphatic hydroxyl groups excluding tert-OH is 2. The van der Waals surface area contributed by atoms with Gasteiger partial charge >= 0.3 is 5.97 Å². The Balaban J connectivity index is 3.59. The van der Waals surface area contributed by atoms with Crippen molar-refractivity contribution >= 4 is 5.97 Å². The molecule has 0 aliphatic rings. The van der Waals surface area contributed by atoms with E-state index in [9.17, 15) is 15.0 Å². The van der Waals surface area contributed by atoms with Crippen molar-refractivity contribution in [3.8, 4) is 0 Å². The van der Waals surface area contributed by atoms with Gasteiger partial charge in [0.05, 0.1) is 25.7 Å². The van der Waals surface area contributed by atoms with Crippen molar-refractivity contribution in [2.45, 2.75) is 51.2 Å². The van der Waals surface area contributed by atoms with Gasteiger partial charge in [0.1, 0.15) is 0 Å². The second-order valence-electron chi connectivity index (χ2n) is 3.47. The van der Waals surface area contributed by atoms with Gasteiger partial charge < -0.3 is 14.9 Å². The lowest BCUT2D eigenvalue weighted by atomic mass is 10.0. The maximum absolute atomic E-state index is 10.8. The van der Waals surface area contributed by atoms with Gasteiger partial charge in [0.25, 0.3) is 0 Å². The minimum Gasteiger partial charge on any atom is -0.469 e.